The van der Waals surface area contributed by atoms with Crippen LogP contribution >= 0.6 is 11.6 Å². The highest BCUT2D eigenvalue weighted by atomic mass is 35.5. The average Bonchev–Trinajstić information content (AvgIpc) is 2.43. The fraction of sp³-hybridized carbons (Fsp3) is 0.500. The normalized spacial score (nSPS) is 11.1. The Morgan fingerprint density at radius 1 is 1.69 bits per heavy atom. The lowest BCUT2D eigenvalue weighted by atomic mass is 10.3. The summed E-state index contributed by atoms with van der Waals surface area (Å²) in [6.45, 7) is 4.80. The number of aromatic nitrogens is 2. The van der Waals surface area contributed by atoms with Crippen LogP contribution in [0.1, 0.15) is 18.2 Å². The summed E-state index contributed by atoms with van der Waals surface area (Å²) in [5.74, 6) is 0. The highest BCUT2D eigenvalue weighted by Gasteiger charge is 2.04. The van der Waals surface area contributed by atoms with Crippen LogP contribution in [-0.2, 0) is 0 Å². The Balaban J connectivity index is 2.78. The molecule has 13 heavy (non-hydrogen) atoms. The van der Waals surface area contributed by atoms with Crippen LogP contribution in [0.5, 0.6) is 0 Å². The number of aryl methyl sites for hydroxylation is 1. The molecule has 0 fully saturated rings. The molecular formula is C8H13ClN4. The average molecular weight is 201 g/mol. The Kier molecular flexibility index (Phi) is 3.31. The molecule has 0 bridgehead atoms. The molecule has 5 heteroatoms. The molecular weight excluding hydrogens is 188 g/mol. The van der Waals surface area contributed by atoms with Gasteiger partial charge in [-0.2, -0.15) is 10.2 Å². The maximum Gasteiger partial charge on any atom is 0.159 e. The van der Waals surface area contributed by atoms with Gasteiger partial charge in [-0.25, -0.2) is 0 Å². The van der Waals surface area contributed by atoms with Crippen LogP contribution in [0, 0.1) is 6.92 Å². The highest BCUT2D eigenvalue weighted by Crippen LogP contribution is 2.12. The summed E-state index contributed by atoms with van der Waals surface area (Å²) in [6.07, 6.45) is 1.71. The smallest absolute Gasteiger partial charge is 0.159 e. The van der Waals surface area contributed by atoms with Crippen molar-refractivity contribution in [1.29, 1.82) is 0 Å². The minimum absolute atomic E-state index is 0.464. The van der Waals surface area contributed by atoms with Crippen molar-refractivity contribution in [3.63, 3.8) is 0 Å². The largest absolute Gasteiger partial charge is 0.300 e. The van der Waals surface area contributed by atoms with Gasteiger partial charge in [0.05, 0.1) is 11.8 Å². The van der Waals surface area contributed by atoms with Crippen molar-refractivity contribution in [1.82, 2.24) is 15.2 Å². The molecule has 0 aliphatic heterocycles. The van der Waals surface area contributed by atoms with E-state index in [-0.39, 0.29) is 0 Å². The quantitative estimate of drug-likeness (QED) is 0.596. The van der Waals surface area contributed by atoms with Crippen molar-refractivity contribution >= 4 is 17.8 Å². The number of halogens is 1. The number of hydrogen-bond donors (Lipinski definition) is 1. The van der Waals surface area contributed by atoms with Crippen LogP contribution in [0.15, 0.2) is 5.10 Å². The van der Waals surface area contributed by atoms with Gasteiger partial charge in [0, 0.05) is 19.3 Å². The van der Waals surface area contributed by atoms with Crippen LogP contribution in [0.4, 0.5) is 0 Å². The number of hydrogen-bond acceptors (Lipinski definition) is 3. The standard InChI is InChI=1S/C8H13ClN4/c1-4-13(3)10-5-7-6(2)11-12-8(7)9/h5H,4H2,1-3H3,(H,11,12)/b10-5+. The van der Waals surface area contributed by atoms with Crippen LogP contribution in [0.2, 0.25) is 5.15 Å². The van der Waals surface area contributed by atoms with Crippen LogP contribution in [0.25, 0.3) is 0 Å². The highest BCUT2D eigenvalue weighted by molar-refractivity contribution is 6.32. The molecule has 1 heterocycles. The second-order valence-electron chi connectivity index (χ2n) is 2.77. The van der Waals surface area contributed by atoms with E-state index in [1.165, 1.54) is 0 Å². The predicted octanol–water partition coefficient (Wildman–Crippen LogP) is 1.66. The van der Waals surface area contributed by atoms with E-state index in [4.69, 9.17) is 11.6 Å². The van der Waals surface area contributed by atoms with Gasteiger partial charge in [-0.1, -0.05) is 11.6 Å². The summed E-state index contributed by atoms with van der Waals surface area (Å²) >= 11 is 5.82. The molecule has 0 atom stereocenters. The van der Waals surface area contributed by atoms with Crippen molar-refractivity contribution < 1.29 is 0 Å². The first-order chi connectivity index (χ1) is 6.15. The molecule has 0 aromatic carbocycles. The van der Waals surface area contributed by atoms with Crippen LogP contribution < -0.4 is 0 Å². The van der Waals surface area contributed by atoms with Gasteiger partial charge < -0.3 is 5.01 Å². The van der Waals surface area contributed by atoms with Crippen molar-refractivity contribution in [3.8, 4) is 0 Å². The van der Waals surface area contributed by atoms with Gasteiger partial charge in [0.15, 0.2) is 5.15 Å². The van der Waals surface area contributed by atoms with E-state index in [0.29, 0.717) is 5.15 Å². The molecule has 0 amide bonds. The number of aromatic amines is 1. The number of H-pyrrole nitrogens is 1. The lowest BCUT2D eigenvalue weighted by Gasteiger charge is -2.07. The molecule has 0 aliphatic carbocycles. The zero-order valence-electron chi connectivity index (χ0n) is 8.00. The molecule has 0 unspecified atom stereocenters. The van der Waals surface area contributed by atoms with Gasteiger partial charge in [-0.3, -0.25) is 5.10 Å². The minimum atomic E-state index is 0.464. The minimum Gasteiger partial charge on any atom is -0.300 e. The Bertz CT molecular complexity index is 286. The molecule has 0 radical (unpaired) electrons. The van der Waals surface area contributed by atoms with E-state index in [0.717, 1.165) is 17.8 Å². The van der Waals surface area contributed by atoms with Crippen molar-refractivity contribution in [2.45, 2.75) is 13.8 Å². The fourth-order valence-electron chi connectivity index (χ4n) is 0.796. The van der Waals surface area contributed by atoms with E-state index in [9.17, 15) is 0 Å². The molecule has 72 valence electrons. The van der Waals surface area contributed by atoms with Gasteiger partial charge in [-0.15, -0.1) is 0 Å². The topological polar surface area (TPSA) is 44.3 Å². The first-order valence-electron chi connectivity index (χ1n) is 4.10. The lowest BCUT2D eigenvalue weighted by molar-refractivity contribution is 0.377. The monoisotopic (exact) mass is 200 g/mol. The molecule has 4 nitrogen and oxygen atoms in total. The lowest BCUT2D eigenvalue weighted by Crippen LogP contribution is -2.09. The second kappa shape index (κ2) is 4.28. The maximum atomic E-state index is 5.82. The number of nitrogens with zero attached hydrogens (tertiary/aromatic N) is 3. The Hall–Kier alpha value is -1.03. The summed E-state index contributed by atoms with van der Waals surface area (Å²) in [5, 5.41) is 13.1. The van der Waals surface area contributed by atoms with Gasteiger partial charge in [0.1, 0.15) is 0 Å². The molecule has 1 rings (SSSR count). The molecule has 1 aromatic rings. The van der Waals surface area contributed by atoms with E-state index >= 15 is 0 Å². The predicted molar refractivity (Wildman–Crippen MR) is 54.2 cm³/mol. The zero-order valence-corrected chi connectivity index (χ0v) is 8.76. The third-order valence-electron chi connectivity index (χ3n) is 1.79. The van der Waals surface area contributed by atoms with E-state index in [1.54, 1.807) is 6.21 Å². The summed E-state index contributed by atoms with van der Waals surface area (Å²) in [6, 6.07) is 0. The fourth-order valence-corrected chi connectivity index (χ4v) is 1.03. The molecule has 0 saturated heterocycles. The number of hydrazone groups is 1. The number of nitrogens with one attached hydrogen (secondary N) is 1. The van der Waals surface area contributed by atoms with Gasteiger partial charge in [0.25, 0.3) is 0 Å². The number of rotatable bonds is 3. The molecule has 1 N–H and O–H groups in total. The van der Waals surface area contributed by atoms with Gasteiger partial charge in [-0.05, 0) is 13.8 Å². The van der Waals surface area contributed by atoms with E-state index in [2.05, 4.69) is 15.3 Å². The molecule has 0 saturated carbocycles. The summed E-state index contributed by atoms with van der Waals surface area (Å²) < 4.78 is 0. The van der Waals surface area contributed by atoms with Crippen molar-refractivity contribution in [2.75, 3.05) is 13.6 Å². The van der Waals surface area contributed by atoms with Gasteiger partial charge in [0.2, 0.25) is 0 Å². The zero-order chi connectivity index (χ0) is 9.84. The molecule has 0 spiro atoms. The van der Waals surface area contributed by atoms with E-state index in [1.807, 2.05) is 25.9 Å². The summed E-state index contributed by atoms with van der Waals surface area (Å²) in [7, 11) is 1.90. The first kappa shape index (κ1) is 10.1. The van der Waals surface area contributed by atoms with Crippen LogP contribution in [0.3, 0.4) is 0 Å². The van der Waals surface area contributed by atoms with Crippen LogP contribution in [-0.4, -0.2) is 35.0 Å². The maximum absolute atomic E-state index is 5.82. The van der Waals surface area contributed by atoms with Crippen molar-refractivity contribution in [3.05, 3.63) is 16.4 Å². The van der Waals surface area contributed by atoms with E-state index < -0.39 is 0 Å². The SMILES string of the molecule is CCN(C)/N=C/c1c(Cl)n[nH]c1C. The van der Waals surface area contributed by atoms with Crippen molar-refractivity contribution in [2.24, 2.45) is 5.10 Å². The summed E-state index contributed by atoms with van der Waals surface area (Å²) in [5.41, 5.74) is 1.78. The molecule has 0 aliphatic rings. The third kappa shape index (κ3) is 2.45. The Labute approximate surface area is 82.6 Å². The third-order valence-corrected chi connectivity index (χ3v) is 2.08. The molecule has 1 aromatic heterocycles. The Morgan fingerprint density at radius 2 is 2.38 bits per heavy atom. The second-order valence-corrected chi connectivity index (χ2v) is 3.13. The first-order valence-corrected chi connectivity index (χ1v) is 4.48. The van der Waals surface area contributed by atoms with Gasteiger partial charge >= 0.3 is 0 Å². The Morgan fingerprint density at radius 3 is 2.85 bits per heavy atom. The summed E-state index contributed by atoms with van der Waals surface area (Å²) in [4.78, 5) is 0.